The van der Waals surface area contributed by atoms with Gasteiger partial charge in [0.05, 0.1) is 12.7 Å². The zero-order valence-corrected chi connectivity index (χ0v) is 21.8. The van der Waals surface area contributed by atoms with E-state index in [9.17, 15) is 13.2 Å². The highest BCUT2D eigenvalue weighted by molar-refractivity contribution is 7.89. The number of hydrogen-bond donors (Lipinski definition) is 1. The normalized spacial score (nSPS) is 14.7. The van der Waals surface area contributed by atoms with Crippen molar-refractivity contribution in [3.05, 3.63) is 41.3 Å². The van der Waals surface area contributed by atoms with Crippen molar-refractivity contribution in [3.8, 4) is 16.9 Å². The van der Waals surface area contributed by atoms with Crippen LogP contribution in [0.25, 0.3) is 16.8 Å². The third kappa shape index (κ3) is 4.64. The number of carbonyl (C=O) groups is 1. The molecule has 4 rings (SSSR count). The monoisotopic (exact) mass is 499 g/mol. The highest BCUT2D eigenvalue weighted by atomic mass is 32.2. The molecule has 3 aromatic rings. The first kappa shape index (κ1) is 25.1. The van der Waals surface area contributed by atoms with Gasteiger partial charge in [0.15, 0.2) is 11.3 Å². The molecule has 0 bridgehead atoms. The molecule has 10 heteroatoms. The van der Waals surface area contributed by atoms with Crippen LogP contribution in [0, 0.1) is 13.8 Å². The van der Waals surface area contributed by atoms with Crippen LogP contribution in [0.2, 0.25) is 0 Å². The number of methoxy groups -OCH3 is 1. The van der Waals surface area contributed by atoms with Crippen LogP contribution < -0.4 is 10.1 Å². The summed E-state index contributed by atoms with van der Waals surface area (Å²) < 4.78 is 35.3. The number of hydrogen-bond acceptors (Lipinski definition) is 6. The molecule has 0 spiro atoms. The molecule has 2 heterocycles. The highest BCUT2D eigenvalue weighted by Gasteiger charge is 2.30. The molecule has 0 radical (unpaired) electrons. The number of rotatable bonds is 8. The van der Waals surface area contributed by atoms with Crippen LogP contribution >= 0.6 is 0 Å². The molecule has 1 saturated carbocycles. The minimum atomic E-state index is -3.82. The summed E-state index contributed by atoms with van der Waals surface area (Å²) >= 11 is 0. The average molecular weight is 500 g/mol. The van der Waals surface area contributed by atoms with Crippen molar-refractivity contribution in [2.45, 2.75) is 64.3 Å². The lowest BCUT2D eigenvalue weighted by molar-refractivity contribution is 0.0933. The molecule has 0 saturated heterocycles. The molecular weight excluding hydrogens is 466 g/mol. The smallest absolute Gasteiger partial charge is 0.272 e. The second-order valence-corrected chi connectivity index (χ2v) is 10.8. The number of nitrogens with one attached hydrogen (secondary N) is 1. The lowest BCUT2D eigenvalue weighted by Gasteiger charge is -2.20. The number of ether oxygens (including phenoxy) is 1. The summed E-state index contributed by atoms with van der Waals surface area (Å²) in [5.74, 6) is -0.0344. The Morgan fingerprint density at radius 1 is 1.17 bits per heavy atom. The fourth-order valence-electron chi connectivity index (χ4n) is 4.81. The Morgan fingerprint density at radius 3 is 2.49 bits per heavy atom. The van der Waals surface area contributed by atoms with Gasteiger partial charge in [-0.15, -0.1) is 0 Å². The number of amides is 1. The average Bonchev–Trinajstić information content (AvgIpc) is 3.47. The minimum Gasteiger partial charge on any atom is -0.495 e. The van der Waals surface area contributed by atoms with Gasteiger partial charge in [-0.25, -0.2) is 17.9 Å². The van der Waals surface area contributed by atoms with E-state index in [1.807, 2.05) is 19.9 Å². The first-order chi connectivity index (χ1) is 16.7. The maximum atomic E-state index is 13.4. The summed E-state index contributed by atoms with van der Waals surface area (Å²) in [6, 6.07) is 6.95. The number of nitrogens with zero attached hydrogens (tertiary/aromatic N) is 4. The maximum absolute atomic E-state index is 13.4. The number of benzene rings is 1. The Hall–Kier alpha value is -2.98. The molecule has 1 aromatic carbocycles. The summed E-state index contributed by atoms with van der Waals surface area (Å²) in [6.45, 7) is 8.04. The van der Waals surface area contributed by atoms with E-state index in [1.165, 1.54) is 11.4 Å². The standard InChI is InChI=1S/C25H33N5O4S/c1-6-29(7-2)35(32,33)21-15-18(12-13-20(21)34-5)22-23(25(31)27-19-10-8-9-11-19)28-30-17(4)14-16(3)26-24(22)30/h12-15,19H,6-11H2,1-5H3,(H,27,31). The Bertz CT molecular complexity index is 1360. The van der Waals surface area contributed by atoms with Crippen molar-refractivity contribution < 1.29 is 17.9 Å². The second-order valence-electron chi connectivity index (χ2n) is 8.91. The largest absolute Gasteiger partial charge is 0.495 e. The molecule has 9 nitrogen and oxygen atoms in total. The first-order valence-corrected chi connectivity index (χ1v) is 13.5. The van der Waals surface area contributed by atoms with Crippen LogP contribution in [0.3, 0.4) is 0 Å². The molecular formula is C25H33N5O4S. The Balaban J connectivity index is 1.94. The number of sulfonamides is 1. The molecule has 35 heavy (non-hydrogen) atoms. The summed E-state index contributed by atoms with van der Waals surface area (Å²) in [6.07, 6.45) is 4.07. The Labute approximate surface area is 206 Å². The van der Waals surface area contributed by atoms with Gasteiger partial charge in [-0.3, -0.25) is 4.79 Å². The van der Waals surface area contributed by atoms with Crippen LogP contribution in [0.5, 0.6) is 5.75 Å². The third-order valence-electron chi connectivity index (χ3n) is 6.58. The van der Waals surface area contributed by atoms with Crippen LogP contribution in [0.15, 0.2) is 29.2 Å². The zero-order valence-electron chi connectivity index (χ0n) is 21.0. The van der Waals surface area contributed by atoms with Crippen LogP contribution in [-0.4, -0.2) is 59.5 Å². The van der Waals surface area contributed by atoms with E-state index in [1.54, 1.807) is 36.6 Å². The van der Waals surface area contributed by atoms with Gasteiger partial charge in [0.2, 0.25) is 10.0 Å². The zero-order chi connectivity index (χ0) is 25.3. The molecule has 2 aromatic heterocycles. The van der Waals surface area contributed by atoms with E-state index >= 15 is 0 Å². The van der Waals surface area contributed by atoms with Gasteiger partial charge >= 0.3 is 0 Å². The van der Waals surface area contributed by atoms with Gasteiger partial charge in [-0.1, -0.05) is 32.8 Å². The predicted molar refractivity (Wildman–Crippen MR) is 134 cm³/mol. The van der Waals surface area contributed by atoms with Crippen molar-refractivity contribution in [2.75, 3.05) is 20.2 Å². The lowest BCUT2D eigenvalue weighted by Crippen LogP contribution is -2.33. The first-order valence-electron chi connectivity index (χ1n) is 12.1. The van der Waals surface area contributed by atoms with Crippen molar-refractivity contribution in [1.29, 1.82) is 0 Å². The van der Waals surface area contributed by atoms with E-state index in [4.69, 9.17) is 4.74 Å². The SMILES string of the molecule is CCN(CC)S(=O)(=O)c1cc(-c2c(C(=O)NC3CCCC3)nn3c(C)cc(C)nc23)ccc1OC. The Kier molecular flexibility index (Phi) is 7.14. The lowest BCUT2D eigenvalue weighted by atomic mass is 10.0. The van der Waals surface area contributed by atoms with Crippen molar-refractivity contribution in [3.63, 3.8) is 0 Å². The second kappa shape index (κ2) is 9.94. The molecule has 0 aliphatic heterocycles. The fraction of sp³-hybridized carbons (Fsp3) is 0.480. The number of fused-ring (bicyclic) bond motifs is 1. The molecule has 0 unspecified atom stereocenters. The molecule has 1 aliphatic carbocycles. The van der Waals surface area contributed by atoms with Gasteiger partial charge in [0, 0.05) is 30.5 Å². The number of aryl methyl sites for hydroxylation is 2. The van der Waals surface area contributed by atoms with Gasteiger partial charge in [0.1, 0.15) is 10.6 Å². The predicted octanol–water partition coefficient (Wildman–Crippen LogP) is 3.72. The summed E-state index contributed by atoms with van der Waals surface area (Å²) in [5.41, 5.74) is 3.40. The summed E-state index contributed by atoms with van der Waals surface area (Å²) in [5, 5.41) is 7.74. The summed E-state index contributed by atoms with van der Waals surface area (Å²) in [7, 11) is -2.37. The van der Waals surface area contributed by atoms with Crippen LogP contribution in [-0.2, 0) is 10.0 Å². The molecule has 1 N–H and O–H groups in total. The van der Waals surface area contributed by atoms with Crippen LogP contribution in [0.1, 0.15) is 61.4 Å². The Morgan fingerprint density at radius 2 is 1.86 bits per heavy atom. The molecule has 0 atom stereocenters. The van der Waals surface area contributed by atoms with Gasteiger partial charge in [-0.2, -0.15) is 9.40 Å². The van der Waals surface area contributed by atoms with E-state index in [2.05, 4.69) is 15.4 Å². The van der Waals surface area contributed by atoms with E-state index in [0.29, 0.717) is 29.9 Å². The van der Waals surface area contributed by atoms with E-state index in [0.717, 1.165) is 37.1 Å². The van der Waals surface area contributed by atoms with Gasteiger partial charge < -0.3 is 10.1 Å². The molecule has 1 fully saturated rings. The molecule has 1 aliphatic rings. The maximum Gasteiger partial charge on any atom is 0.272 e. The highest BCUT2D eigenvalue weighted by Crippen LogP contribution is 2.35. The molecule has 1 amide bonds. The number of carbonyl (C=O) groups excluding carboxylic acids is 1. The molecule has 188 valence electrons. The van der Waals surface area contributed by atoms with Crippen molar-refractivity contribution in [2.24, 2.45) is 0 Å². The summed E-state index contributed by atoms with van der Waals surface area (Å²) in [4.78, 5) is 18.1. The number of aromatic nitrogens is 3. The third-order valence-corrected chi connectivity index (χ3v) is 8.65. The van der Waals surface area contributed by atoms with Crippen LogP contribution in [0.4, 0.5) is 0 Å². The topological polar surface area (TPSA) is 106 Å². The quantitative estimate of drug-likeness (QED) is 0.506. The minimum absolute atomic E-state index is 0.0482. The fourth-order valence-corrected chi connectivity index (χ4v) is 6.45. The van der Waals surface area contributed by atoms with Crippen molar-refractivity contribution >= 4 is 21.6 Å². The van der Waals surface area contributed by atoms with E-state index in [-0.39, 0.29) is 28.3 Å². The van der Waals surface area contributed by atoms with Gasteiger partial charge in [-0.05, 0) is 50.5 Å². The van der Waals surface area contributed by atoms with Gasteiger partial charge in [0.25, 0.3) is 5.91 Å². The van der Waals surface area contributed by atoms with Crippen molar-refractivity contribution in [1.82, 2.24) is 24.2 Å². The van der Waals surface area contributed by atoms with E-state index < -0.39 is 10.0 Å².